The third-order valence-corrected chi connectivity index (χ3v) is 3.01. The average Bonchev–Trinajstić information content (AvgIpc) is 2.38. The van der Waals surface area contributed by atoms with Crippen LogP contribution in [0.1, 0.15) is 19.8 Å². The zero-order chi connectivity index (χ0) is 8.98. The molecule has 1 saturated heterocycles. The minimum atomic E-state index is -2.50. The van der Waals surface area contributed by atoms with Gasteiger partial charge in [-0.05, 0) is 6.42 Å². The van der Waals surface area contributed by atoms with Gasteiger partial charge < -0.3 is 4.90 Å². The van der Waals surface area contributed by atoms with E-state index < -0.39 is 11.3 Å². The van der Waals surface area contributed by atoms with Crippen molar-refractivity contribution in [1.29, 1.82) is 0 Å². The highest BCUT2D eigenvalue weighted by molar-refractivity contribution is 5.73. The van der Waals surface area contributed by atoms with Crippen LogP contribution in [0.25, 0.3) is 0 Å². The molecule has 1 spiro atoms. The number of nitrogens with zero attached hydrogens (tertiary/aromatic N) is 1. The molecule has 2 fully saturated rings. The van der Waals surface area contributed by atoms with E-state index in [0.29, 0.717) is 13.0 Å². The number of rotatable bonds is 0. The second-order valence-corrected chi connectivity index (χ2v) is 3.85. The first-order chi connectivity index (χ1) is 5.47. The van der Waals surface area contributed by atoms with Crippen LogP contribution in [0.5, 0.6) is 0 Å². The molecular weight excluding hydrogens is 164 g/mol. The fourth-order valence-electron chi connectivity index (χ4n) is 1.96. The zero-order valence-electron chi connectivity index (χ0n) is 6.94. The lowest BCUT2D eigenvalue weighted by Crippen LogP contribution is -2.27. The Morgan fingerprint density at radius 2 is 2.08 bits per heavy atom. The van der Waals surface area contributed by atoms with E-state index in [1.54, 1.807) is 0 Å². The quantitative estimate of drug-likeness (QED) is 0.542. The molecule has 0 bridgehead atoms. The van der Waals surface area contributed by atoms with Gasteiger partial charge in [-0.2, -0.15) is 0 Å². The molecule has 1 unspecified atom stereocenters. The van der Waals surface area contributed by atoms with Gasteiger partial charge in [0.25, 0.3) is 5.92 Å². The van der Waals surface area contributed by atoms with Crippen molar-refractivity contribution >= 4 is 5.91 Å². The molecule has 0 aromatic rings. The van der Waals surface area contributed by atoms with Crippen LogP contribution in [0, 0.1) is 5.41 Å². The SMILES string of the molecule is CC(=O)N1CCC2(C1)CC2(F)F. The summed E-state index contributed by atoms with van der Waals surface area (Å²) in [5, 5.41) is 0. The molecule has 1 aliphatic heterocycles. The van der Waals surface area contributed by atoms with Gasteiger partial charge in [-0.1, -0.05) is 0 Å². The van der Waals surface area contributed by atoms with Crippen molar-refractivity contribution < 1.29 is 13.6 Å². The summed E-state index contributed by atoms with van der Waals surface area (Å²) in [5.74, 6) is -2.59. The number of amides is 1. The number of likely N-dealkylation sites (tertiary alicyclic amines) is 1. The van der Waals surface area contributed by atoms with Gasteiger partial charge in [0, 0.05) is 26.4 Å². The van der Waals surface area contributed by atoms with Crippen LogP contribution in [-0.2, 0) is 4.79 Å². The fourth-order valence-corrected chi connectivity index (χ4v) is 1.96. The van der Waals surface area contributed by atoms with E-state index in [1.807, 2.05) is 0 Å². The molecule has 2 rings (SSSR count). The maximum Gasteiger partial charge on any atom is 0.256 e. The molecule has 12 heavy (non-hydrogen) atoms. The fraction of sp³-hybridized carbons (Fsp3) is 0.875. The second kappa shape index (κ2) is 1.98. The van der Waals surface area contributed by atoms with Crippen molar-refractivity contribution in [3.8, 4) is 0 Å². The third kappa shape index (κ3) is 0.867. The van der Waals surface area contributed by atoms with Crippen LogP contribution >= 0.6 is 0 Å². The molecule has 0 aromatic heterocycles. The summed E-state index contributed by atoms with van der Waals surface area (Å²) < 4.78 is 25.6. The standard InChI is InChI=1S/C8H11F2NO/c1-6(12)11-3-2-7(5-11)4-8(7,9)10/h2-5H2,1H3. The Balaban J connectivity index is 2.05. The molecular formula is C8H11F2NO. The third-order valence-electron chi connectivity index (χ3n) is 3.01. The monoisotopic (exact) mass is 175 g/mol. The molecule has 1 atom stereocenters. The van der Waals surface area contributed by atoms with E-state index in [9.17, 15) is 13.6 Å². The highest BCUT2D eigenvalue weighted by atomic mass is 19.3. The van der Waals surface area contributed by atoms with E-state index in [0.717, 1.165) is 0 Å². The lowest BCUT2D eigenvalue weighted by atomic mass is 10.1. The highest BCUT2D eigenvalue weighted by Crippen LogP contribution is 2.64. The first-order valence-corrected chi connectivity index (χ1v) is 4.10. The van der Waals surface area contributed by atoms with Gasteiger partial charge in [0.05, 0.1) is 5.41 Å². The van der Waals surface area contributed by atoms with Crippen LogP contribution in [-0.4, -0.2) is 29.8 Å². The molecule has 1 aliphatic carbocycles. The predicted octanol–water partition coefficient (Wildman–Crippen LogP) is 1.26. The summed E-state index contributed by atoms with van der Waals surface area (Å²) in [7, 11) is 0. The summed E-state index contributed by atoms with van der Waals surface area (Å²) in [6, 6.07) is 0. The van der Waals surface area contributed by atoms with Gasteiger partial charge in [0.15, 0.2) is 0 Å². The Kier molecular flexibility index (Phi) is 1.31. The molecule has 0 radical (unpaired) electrons. The normalized spacial score (nSPS) is 37.4. The zero-order valence-corrected chi connectivity index (χ0v) is 6.94. The summed E-state index contributed by atoms with van der Waals surface area (Å²) in [4.78, 5) is 12.4. The van der Waals surface area contributed by atoms with E-state index >= 15 is 0 Å². The first-order valence-electron chi connectivity index (χ1n) is 4.10. The van der Waals surface area contributed by atoms with Crippen molar-refractivity contribution in [2.45, 2.75) is 25.7 Å². The van der Waals surface area contributed by atoms with E-state index in [2.05, 4.69) is 0 Å². The lowest BCUT2D eigenvalue weighted by molar-refractivity contribution is -0.128. The van der Waals surface area contributed by atoms with E-state index in [4.69, 9.17) is 0 Å². The molecule has 0 N–H and O–H groups in total. The maximum absolute atomic E-state index is 12.8. The average molecular weight is 175 g/mol. The van der Waals surface area contributed by atoms with Crippen LogP contribution < -0.4 is 0 Å². The summed E-state index contributed by atoms with van der Waals surface area (Å²) in [6.07, 6.45) is 0.448. The number of hydrogen-bond acceptors (Lipinski definition) is 1. The smallest absolute Gasteiger partial charge is 0.256 e. The summed E-state index contributed by atoms with van der Waals surface area (Å²) in [5.41, 5.74) is -0.835. The van der Waals surface area contributed by atoms with Gasteiger partial charge in [-0.25, -0.2) is 8.78 Å². The Labute approximate surface area is 69.5 Å². The van der Waals surface area contributed by atoms with Crippen molar-refractivity contribution in [1.82, 2.24) is 4.90 Å². The number of carbonyl (C=O) groups excluding carboxylic acids is 1. The van der Waals surface area contributed by atoms with Gasteiger partial charge in [-0.3, -0.25) is 4.79 Å². The van der Waals surface area contributed by atoms with Gasteiger partial charge >= 0.3 is 0 Å². The molecule has 1 heterocycles. The number of hydrogen-bond donors (Lipinski definition) is 0. The molecule has 68 valence electrons. The van der Waals surface area contributed by atoms with Crippen LogP contribution in [0.15, 0.2) is 0 Å². The Morgan fingerprint density at radius 3 is 2.33 bits per heavy atom. The molecule has 2 nitrogen and oxygen atoms in total. The van der Waals surface area contributed by atoms with E-state index in [1.165, 1.54) is 11.8 Å². The molecule has 0 aromatic carbocycles. The number of carbonyl (C=O) groups is 1. The number of halogens is 2. The predicted molar refractivity (Wildman–Crippen MR) is 38.9 cm³/mol. The topological polar surface area (TPSA) is 20.3 Å². The van der Waals surface area contributed by atoms with Gasteiger partial charge in [0.1, 0.15) is 0 Å². The Hall–Kier alpha value is -0.670. The van der Waals surface area contributed by atoms with Crippen molar-refractivity contribution in [2.75, 3.05) is 13.1 Å². The van der Waals surface area contributed by atoms with Crippen LogP contribution in [0.2, 0.25) is 0 Å². The minimum absolute atomic E-state index is 0.0240. The van der Waals surface area contributed by atoms with E-state index in [-0.39, 0.29) is 18.9 Å². The van der Waals surface area contributed by atoms with Crippen LogP contribution in [0.3, 0.4) is 0 Å². The van der Waals surface area contributed by atoms with Gasteiger partial charge in [0.2, 0.25) is 5.91 Å². The van der Waals surface area contributed by atoms with Crippen LogP contribution in [0.4, 0.5) is 8.78 Å². The minimum Gasteiger partial charge on any atom is -0.342 e. The van der Waals surface area contributed by atoms with Gasteiger partial charge in [-0.15, -0.1) is 0 Å². The molecule has 2 aliphatic rings. The molecule has 1 amide bonds. The second-order valence-electron chi connectivity index (χ2n) is 3.85. The lowest BCUT2D eigenvalue weighted by Gasteiger charge is -2.12. The van der Waals surface area contributed by atoms with Crippen molar-refractivity contribution in [3.63, 3.8) is 0 Å². The van der Waals surface area contributed by atoms with Crippen molar-refractivity contribution in [3.05, 3.63) is 0 Å². The molecule has 1 saturated carbocycles. The Morgan fingerprint density at radius 1 is 1.50 bits per heavy atom. The summed E-state index contributed by atoms with van der Waals surface area (Å²) in [6.45, 7) is 2.19. The largest absolute Gasteiger partial charge is 0.342 e. The van der Waals surface area contributed by atoms with Crippen molar-refractivity contribution in [2.24, 2.45) is 5.41 Å². The highest BCUT2D eigenvalue weighted by Gasteiger charge is 2.72. The number of alkyl halides is 2. The molecule has 4 heteroatoms. The maximum atomic E-state index is 12.8. The summed E-state index contributed by atoms with van der Waals surface area (Å²) >= 11 is 0. The Bertz CT molecular complexity index is 241. The first kappa shape index (κ1) is 7.95.